The van der Waals surface area contributed by atoms with E-state index in [0.29, 0.717) is 17.1 Å². The van der Waals surface area contributed by atoms with Crippen molar-refractivity contribution in [2.24, 2.45) is 5.84 Å². The maximum atomic E-state index is 13.2. The lowest BCUT2D eigenvalue weighted by atomic mass is 10.2. The lowest BCUT2D eigenvalue weighted by molar-refractivity contribution is 0.337. The molecule has 0 saturated carbocycles. The number of hydrogen-bond donors (Lipinski definition) is 2. The molecule has 0 amide bonds. The molecule has 0 spiro atoms. The second-order valence-corrected chi connectivity index (χ2v) is 3.75. The molecule has 0 radical (unpaired) electrons. The Labute approximate surface area is 114 Å². The molecule has 0 saturated heterocycles. The van der Waals surface area contributed by atoms with Gasteiger partial charge >= 0.3 is 0 Å². The fraction of sp³-hybridized carbons (Fsp3) is 0.200. The van der Waals surface area contributed by atoms with Gasteiger partial charge in [0.05, 0.1) is 5.70 Å². The van der Waals surface area contributed by atoms with Gasteiger partial charge < -0.3 is 10.2 Å². The van der Waals surface area contributed by atoms with Gasteiger partial charge in [-0.15, -0.1) is 0 Å². The highest BCUT2D eigenvalue weighted by molar-refractivity contribution is 5.34. The van der Waals surface area contributed by atoms with Crippen molar-refractivity contribution in [1.29, 1.82) is 0 Å². The van der Waals surface area contributed by atoms with E-state index in [2.05, 4.69) is 18.6 Å². The molecule has 3 nitrogen and oxygen atoms in total. The minimum atomic E-state index is -0.403. The molecule has 0 unspecified atom stereocenters. The van der Waals surface area contributed by atoms with E-state index >= 15 is 0 Å². The van der Waals surface area contributed by atoms with Gasteiger partial charge in [-0.2, -0.15) is 0 Å². The van der Waals surface area contributed by atoms with E-state index in [0.717, 1.165) is 0 Å². The summed E-state index contributed by atoms with van der Waals surface area (Å²) in [5.74, 6) is 5.81. The van der Waals surface area contributed by atoms with Crippen molar-refractivity contribution in [3.05, 3.63) is 72.2 Å². The Morgan fingerprint density at radius 1 is 1.37 bits per heavy atom. The van der Waals surface area contributed by atoms with Crippen molar-refractivity contribution < 1.29 is 9.13 Å². The molecule has 0 aromatic carbocycles. The number of ether oxygens (including phenoxy) is 1. The van der Waals surface area contributed by atoms with Gasteiger partial charge in [0.1, 0.15) is 17.3 Å². The number of nitrogens with two attached hydrogens (primary N) is 1. The van der Waals surface area contributed by atoms with E-state index in [1.807, 2.05) is 13.0 Å². The highest BCUT2D eigenvalue weighted by Gasteiger charge is 2.04. The monoisotopic (exact) mass is 264 g/mol. The van der Waals surface area contributed by atoms with E-state index in [1.165, 1.54) is 6.92 Å². The molecule has 0 fully saturated rings. The van der Waals surface area contributed by atoms with Crippen LogP contribution < -0.4 is 11.3 Å². The van der Waals surface area contributed by atoms with Gasteiger partial charge in [-0.05, 0) is 44.6 Å². The standard InChI is InChI=1S/C15H21FN2O/c1-6-8-14(9-7-2)19-12(4)10-11(3)15(18-17)13(5)16/h6-10,18H,1,4,17H2,2-3,5H3/b9-7-,11-10-,14-8+,15-13-. The predicted molar refractivity (Wildman–Crippen MR) is 78.2 cm³/mol. The zero-order valence-electron chi connectivity index (χ0n) is 11.7. The fourth-order valence-corrected chi connectivity index (χ4v) is 1.38. The Kier molecular flexibility index (Phi) is 7.97. The third-order valence-corrected chi connectivity index (χ3v) is 2.12. The van der Waals surface area contributed by atoms with Gasteiger partial charge in [-0.1, -0.05) is 25.3 Å². The number of halogens is 1. The molecular formula is C15H21FN2O. The molecule has 19 heavy (non-hydrogen) atoms. The highest BCUT2D eigenvalue weighted by atomic mass is 19.1. The molecule has 0 aliphatic carbocycles. The van der Waals surface area contributed by atoms with Gasteiger partial charge in [-0.25, -0.2) is 4.39 Å². The lowest BCUT2D eigenvalue weighted by Gasteiger charge is -2.10. The summed E-state index contributed by atoms with van der Waals surface area (Å²) in [5, 5.41) is 0. The number of allylic oxidation sites excluding steroid dienone is 7. The summed E-state index contributed by atoms with van der Waals surface area (Å²) < 4.78 is 18.7. The quantitative estimate of drug-likeness (QED) is 0.318. The van der Waals surface area contributed by atoms with Gasteiger partial charge in [0.25, 0.3) is 0 Å². The third-order valence-electron chi connectivity index (χ3n) is 2.12. The summed E-state index contributed by atoms with van der Waals surface area (Å²) >= 11 is 0. The van der Waals surface area contributed by atoms with E-state index in [4.69, 9.17) is 10.6 Å². The minimum absolute atomic E-state index is 0.213. The van der Waals surface area contributed by atoms with Crippen LogP contribution in [0, 0.1) is 0 Å². The second-order valence-electron chi connectivity index (χ2n) is 3.75. The lowest BCUT2D eigenvalue weighted by Crippen LogP contribution is -2.22. The fourth-order valence-electron chi connectivity index (χ4n) is 1.38. The SMILES string of the molecule is C=C/C=C(\C=C/C)OC(=C)/C=C(C)\C(NN)=C(/C)F. The average molecular weight is 264 g/mol. The Balaban J connectivity index is 5.00. The van der Waals surface area contributed by atoms with Crippen molar-refractivity contribution in [2.75, 3.05) is 0 Å². The predicted octanol–water partition coefficient (Wildman–Crippen LogP) is 3.77. The van der Waals surface area contributed by atoms with Crippen molar-refractivity contribution >= 4 is 0 Å². The maximum Gasteiger partial charge on any atom is 0.127 e. The van der Waals surface area contributed by atoms with Crippen LogP contribution in [0.1, 0.15) is 20.8 Å². The van der Waals surface area contributed by atoms with Gasteiger partial charge in [0, 0.05) is 0 Å². The van der Waals surface area contributed by atoms with Crippen LogP contribution in [0.15, 0.2) is 72.2 Å². The molecule has 0 heterocycles. The Hall–Kier alpha value is -2.07. The molecule has 3 N–H and O–H groups in total. The van der Waals surface area contributed by atoms with Gasteiger partial charge in [-0.3, -0.25) is 5.84 Å². The first-order chi connectivity index (χ1) is 8.96. The number of rotatable bonds is 7. The Morgan fingerprint density at radius 3 is 2.42 bits per heavy atom. The van der Waals surface area contributed by atoms with Crippen LogP contribution in [0.4, 0.5) is 4.39 Å². The highest BCUT2D eigenvalue weighted by Crippen LogP contribution is 2.16. The summed E-state index contributed by atoms with van der Waals surface area (Å²) in [6.45, 7) is 12.2. The van der Waals surface area contributed by atoms with E-state index < -0.39 is 5.83 Å². The van der Waals surface area contributed by atoms with Gasteiger partial charge in [0.2, 0.25) is 0 Å². The smallest absolute Gasteiger partial charge is 0.127 e. The molecule has 4 heteroatoms. The summed E-state index contributed by atoms with van der Waals surface area (Å²) in [4.78, 5) is 0. The van der Waals surface area contributed by atoms with E-state index in [-0.39, 0.29) is 5.70 Å². The van der Waals surface area contributed by atoms with Gasteiger partial charge in [0.15, 0.2) is 0 Å². The summed E-state index contributed by atoms with van der Waals surface area (Å²) in [7, 11) is 0. The maximum absolute atomic E-state index is 13.2. The van der Waals surface area contributed by atoms with Crippen LogP contribution in [0.2, 0.25) is 0 Å². The summed E-state index contributed by atoms with van der Waals surface area (Å²) in [6, 6.07) is 0. The Bertz CT molecular complexity index is 453. The second kappa shape index (κ2) is 8.94. The summed E-state index contributed by atoms with van der Waals surface area (Å²) in [6.07, 6.45) is 8.51. The molecular weight excluding hydrogens is 243 g/mol. The summed E-state index contributed by atoms with van der Waals surface area (Å²) in [5.41, 5.74) is 3.11. The Morgan fingerprint density at radius 2 is 2.00 bits per heavy atom. The van der Waals surface area contributed by atoms with E-state index in [1.54, 1.807) is 31.2 Å². The van der Waals surface area contributed by atoms with Crippen molar-refractivity contribution in [2.45, 2.75) is 20.8 Å². The first kappa shape index (κ1) is 16.9. The topological polar surface area (TPSA) is 47.3 Å². The minimum Gasteiger partial charge on any atom is -0.458 e. The molecule has 104 valence electrons. The van der Waals surface area contributed by atoms with Crippen LogP contribution in [0.3, 0.4) is 0 Å². The zero-order chi connectivity index (χ0) is 14.8. The van der Waals surface area contributed by atoms with Crippen LogP contribution in [-0.2, 0) is 4.74 Å². The average Bonchev–Trinajstić information content (AvgIpc) is 2.29. The number of hydrazine groups is 1. The van der Waals surface area contributed by atoms with Crippen LogP contribution >= 0.6 is 0 Å². The number of hydrogen-bond acceptors (Lipinski definition) is 3. The first-order valence-electron chi connectivity index (χ1n) is 5.80. The largest absolute Gasteiger partial charge is 0.458 e. The molecule has 0 aliphatic heterocycles. The van der Waals surface area contributed by atoms with Crippen molar-refractivity contribution in [3.8, 4) is 0 Å². The van der Waals surface area contributed by atoms with Crippen LogP contribution in [-0.4, -0.2) is 0 Å². The zero-order valence-corrected chi connectivity index (χ0v) is 11.7. The molecule has 0 aromatic rings. The van der Waals surface area contributed by atoms with Crippen molar-refractivity contribution in [1.82, 2.24) is 5.43 Å². The van der Waals surface area contributed by atoms with Crippen molar-refractivity contribution in [3.63, 3.8) is 0 Å². The number of nitrogens with one attached hydrogen (secondary N) is 1. The molecule has 0 aromatic heterocycles. The molecule has 0 bridgehead atoms. The normalized spacial score (nSPS) is 14.2. The molecule has 0 rings (SSSR count). The third kappa shape index (κ3) is 6.43. The molecule has 0 aliphatic rings. The van der Waals surface area contributed by atoms with Crippen LogP contribution in [0.5, 0.6) is 0 Å². The van der Waals surface area contributed by atoms with Crippen LogP contribution in [0.25, 0.3) is 0 Å². The van der Waals surface area contributed by atoms with E-state index in [9.17, 15) is 4.39 Å². The first-order valence-corrected chi connectivity index (χ1v) is 5.80. The molecule has 0 atom stereocenters.